The van der Waals surface area contributed by atoms with Crippen LogP contribution in [-0.2, 0) is 4.79 Å². The minimum absolute atomic E-state index is 0.0561. The summed E-state index contributed by atoms with van der Waals surface area (Å²) in [6, 6.07) is 12.8. The summed E-state index contributed by atoms with van der Waals surface area (Å²) < 4.78 is 5.69. The largest absolute Gasteiger partial charge is 0.494 e. The molecule has 0 atom stereocenters. The van der Waals surface area contributed by atoms with Crippen LogP contribution in [0.4, 0.5) is 5.69 Å². The second-order valence-electron chi connectivity index (χ2n) is 7.36. The normalized spacial score (nSPS) is 13.8. The van der Waals surface area contributed by atoms with E-state index in [0.717, 1.165) is 43.7 Å². The summed E-state index contributed by atoms with van der Waals surface area (Å²) in [6.07, 6.45) is 4.06. The van der Waals surface area contributed by atoms with Crippen LogP contribution in [0.3, 0.4) is 0 Å². The van der Waals surface area contributed by atoms with Gasteiger partial charge in [-0.1, -0.05) is 23.7 Å². The molecule has 6 heteroatoms. The summed E-state index contributed by atoms with van der Waals surface area (Å²) in [6.45, 7) is 3.97. The van der Waals surface area contributed by atoms with Crippen molar-refractivity contribution in [2.45, 2.75) is 39.0 Å². The second kappa shape index (κ2) is 10.3. The van der Waals surface area contributed by atoms with E-state index < -0.39 is 0 Å². The van der Waals surface area contributed by atoms with Gasteiger partial charge in [0.2, 0.25) is 5.91 Å². The van der Waals surface area contributed by atoms with Crippen LogP contribution in [-0.4, -0.2) is 36.4 Å². The van der Waals surface area contributed by atoms with E-state index in [4.69, 9.17) is 16.3 Å². The molecule has 29 heavy (non-hydrogen) atoms. The Balaban J connectivity index is 1.55. The number of anilines is 1. The maximum absolute atomic E-state index is 12.9. The Bertz CT molecular complexity index is 863. The first-order valence-electron chi connectivity index (χ1n) is 10.1. The van der Waals surface area contributed by atoms with Crippen LogP contribution in [0.15, 0.2) is 42.5 Å². The van der Waals surface area contributed by atoms with Crippen LogP contribution in [0.25, 0.3) is 0 Å². The number of benzene rings is 2. The number of ether oxygens (including phenoxy) is 1. The molecule has 0 unspecified atom stereocenters. The zero-order chi connectivity index (χ0) is 20.6. The summed E-state index contributed by atoms with van der Waals surface area (Å²) in [5, 5.41) is 3.34. The molecule has 1 saturated heterocycles. The smallest absolute Gasteiger partial charge is 0.255 e. The third kappa shape index (κ3) is 6.23. The number of rotatable bonds is 7. The lowest BCUT2D eigenvalue weighted by molar-refractivity contribution is -0.116. The molecule has 1 N–H and O–H groups in total. The fourth-order valence-electron chi connectivity index (χ4n) is 3.41. The lowest BCUT2D eigenvalue weighted by Gasteiger charge is -2.27. The molecule has 1 aliphatic rings. The molecule has 0 aromatic heterocycles. The fraction of sp³-hybridized carbons (Fsp3) is 0.391. The van der Waals surface area contributed by atoms with Gasteiger partial charge in [0.1, 0.15) is 5.75 Å². The van der Waals surface area contributed by atoms with Gasteiger partial charge in [-0.25, -0.2) is 0 Å². The SMILES string of the molecule is Cc1cccc(OCCCC(=O)Nc2cc(Cl)ccc2C(=O)N2CCCCC2)c1. The Labute approximate surface area is 177 Å². The number of piperidine rings is 1. The Kier molecular flexibility index (Phi) is 7.53. The summed E-state index contributed by atoms with van der Waals surface area (Å²) in [7, 11) is 0. The van der Waals surface area contributed by atoms with Crippen LogP contribution < -0.4 is 10.1 Å². The van der Waals surface area contributed by atoms with Gasteiger partial charge in [0.25, 0.3) is 5.91 Å². The molecule has 2 aromatic rings. The van der Waals surface area contributed by atoms with Crippen molar-refractivity contribution in [3.63, 3.8) is 0 Å². The molecule has 5 nitrogen and oxygen atoms in total. The number of halogens is 1. The number of carbonyl (C=O) groups is 2. The molecule has 154 valence electrons. The minimum atomic E-state index is -0.159. The number of nitrogens with zero attached hydrogens (tertiary/aromatic N) is 1. The Hall–Kier alpha value is -2.53. The van der Waals surface area contributed by atoms with Crippen molar-refractivity contribution >= 4 is 29.1 Å². The molecule has 0 radical (unpaired) electrons. The quantitative estimate of drug-likeness (QED) is 0.643. The monoisotopic (exact) mass is 414 g/mol. The maximum atomic E-state index is 12.9. The molecule has 0 spiro atoms. The Morgan fingerprint density at radius 1 is 1.10 bits per heavy atom. The van der Waals surface area contributed by atoms with Gasteiger partial charge in [-0.05, 0) is 68.5 Å². The van der Waals surface area contributed by atoms with Crippen molar-refractivity contribution in [3.8, 4) is 5.75 Å². The molecule has 0 bridgehead atoms. The van der Waals surface area contributed by atoms with Crippen LogP contribution in [0.2, 0.25) is 5.02 Å². The summed E-state index contributed by atoms with van der Waals surface area (Å²) in [5.41, 5.74) is 2.09. The lowest BCUT2D eigenvalue weighted by Crippen LogP contribution is -2.36. The summed E-state index contributed by atoms with van der Waals surface area (Å²) >= 11 is 6.10. The molecule has 1 heterocycles. The van der Waals surface area contributed by atoms with Crippen molar-refractivity contribution in [3.05, 3.63) is 58.6 Å². The third-order valence-electron chi connectivity index (χ3n) is 4.94. The van der Waals surface area contributed by atoms with E-state index in [1.165, 1.54) is 0 Å². The molecule has 0 aliphatic carbocycles. The van der Waals surface area contributed by atoms with Gasteiger partial charge in [0.15, 0.2) is 0 Å². The van der Waals surface area contributed by atoms with Crippen molar-refractivity contribution < 1.29 is 14.3 Å². The van der Waals surface area contributed by atoms with Gasteiger partial charge in [-0.3, -0.25) is 9.59 Å². The number of amides is 2. The highest BCUT2D eigenvalue weighted by Crippen LogP contribution is 2.24. The van der Waals surface area contributed by atoms with Gasteiger partial charge < -0.3 is 15.0 Å². The minimum Gasteiger partial charge on any atom is -0.494 e. The zero-order valence-electron chi connectivity index (χ0n) is 16.7. The van der Waals surface area contributed by atoms with E-state index in [2.05, 4.69) is 5.32 Å². The highest BCUT2D eigenvalue weighted by molar-refractivity contribution is 6.31. The highest BCUT2D eigenvalue weighted by atomic mass is 35.5. The van der Waals surface area contributed by atoms with Crippen molar-refractivity contribution in [2.24, 2.45) is 0 Å². The van der Waals surface area contributed by atoms with E-state index in [0.29, 0.717) is 35.7 Å². The summed E-state index contributed by atoms with van der Waals surface area (Å²) in [5.74, 6) is 0.585. The predicted octanol–water partition coefficient (Wildman–Crippen LogP) is 5.07. The van der Waals surface area contributed by atoms with Crippen LogP contribution in [0, 0.1) is 6.92 Å². The zero-order valence-corrected chi connectivity index (χ0v) is 17.5. The standard InChI is InChI=1S/C23H27ClN2O3/c1-17-7-5-8-19(15-17)29-14-6-9-22(27)25-21-16-18(24)10-11-20(21)23(28)26-12-3-2-4-13-26/h5,7-8,10-11,15-16H,2-4,6,9,12-14H2,1H3,(H,25,27). The first kappa shape index (κ1) is 21.2. The molecular formula is C23H27ClN2O3. The average molecular weight is 415 g/mol. The number of likely N-dealkylation sites (tertiary alicyclic amines) is 1. The highest BCUT2D eigenvalue weighted by Gasteiger charge is 2.21. The van der Waals surface area contributed by atoms with Gasteiger partial charge in [-0.2, -0.15) is 0 Å². The molecular weight excluding hydrogens is 388 g/mol. The predicted molar refractivity (Wildman–Crippen MR) is 116 cm³/mol. The number of hydrogen-bond acceptors (Lipinski definition) is 3. The van der Waals surface area contributed by atoms with E-state index in [1.54, 1.807) is 18.2 Å². The topological polar surface area (TPSA) is 58.6 Å². The number of hydrogen-bond donors (Lipinski definition) is 1. The van der Waals surface area contributed by atoms with Gasteiger partial charge in [0, 0.05) is 24.5 Å². The Morgan fingerprint density at radius 2 is 1.90 bits per heavy atom. The van der Waals surface area contributed by atoms with Gasteiger partial charge >= 0.3 is 0 Å². The van der Waals surface area contributed by atoms with Gasteiger partial charge in [0.05, 0.1) is 17.9 Å². The summed E-state index contributed by atoms with van der Waals surface area (Å²) in [4.78, 5) is 27.1. The van der Waals surface area contributed by atoms with Gasteiger partial charge in [-0.15, -0.1) is 0 Å². The van der Waals surface area contributed by atoms with Crippen molar-refractivity contribution in [1.82, 2.24) is 4.90 Å². The van der Waals surface area contributed by atoms with Crippen LogP contribution in [0.5, 0.6) is 5.75 Å². The molecule has 0 saturated carbocycles. The van der Waals surface area contributed by atoms with Crippen LogP contribution >= 0.6 is 11.6 Å². The second-order valence-corrected chi connectivity index (χ2v) is 7.80. The van der Waals surface area contributed by atoms with E-state index in [1.807, 2.05) is 36.1 Å². The fourth-order valence-corrected chi connectivity index (χ4v) is 3.59. The molecule has 1 aliphatic heterocycles. The average Bonchev–Trinajstić information content (AvgIpc) is 2.72. The third-order valence-corrected chi connectivity index (χ3v) is 5.17. The van der Waals surface area contributed by atoms with Crippen LogP contribution in [0.1, 0.15) is 48.0 Å². The number of carbonyl (C=O) groups excluding carboxylic acids is 2. The first-order chi connectivity index (χ1) is 14.0. The van der Waals surface area contributed by atoms with E-state index in [9.17, 15) is 9.59 Å². The first-order valence-corrected chi connectivity index (χ1v) is 10.5. The lowest BCUT2D eigenvalue weighted by atomic mass is 10.1. The Morgan fingerprint density at radius 3 is 2.66 bits per heavy atom. The number of nitrogens with one attached hydrogen (secondary N) is 1. The van der Waals surface area contributed by atoms with Crippen molar-refractivity contribution in [2.75, 3.05) is 25.0 Å². The molecule has 2 aromatic carbocycles. The molecule has 3 rings (SSSR count). The molecule has 1 fully saturated rings. The maximum Gasteiger partial charge on any atom is 0.255 e. The number of aryl methyl sites for hydroxylation is 1. The van der Waals surface area contributed by atoms with E-state index in [-0.39, 0.29) is 11.8 Å². The van der Waals surface area contributed by atoms with E-state index >= 15 is 0 Å². The molecule has 2 amide bonds. The van der Waals surface area contributed by atoms with Crippen molar-refractivity contribution in [1.29, 1.82) is 0 Å².